The maximum Gasteiger partial charge on any atom is 0.222 e. The predicted molar refractivity (Wildman–Crippen MR) is 167 cm³/mol. The quantitative estimate of drug-likeness (QED) is 0.129. The molecule has 0 bridgehead atoms. The number of carbonyl (C=O) groups is 1. The monoisotopic (exact) mass is 581 g/mol. The zero-order valence-corrected chi connectivity index (χ0v) is 24.8. The third kappa shape index (κ3) is 6.49. The van der Waals surface area contributed by atoms with Crippen molar-refractivity contribution in [3.05, 3.63) is 95.3 Å². The van der Waals surface area contributed by atoms with Gasteiger partial charge in [-0.2, -0.15) is 0 Å². The number of fused-ring (bicyclic) bond motifs is 3. The summed E-state index contributed by atoms with van der Waals surface area (Å²) in [5.41, 5.74) is 5.52. The largest absolute Gasteiger partial charge is 0.343 e. The van der Waals surface area contributed by atoms with Crippen LogP contribution in [0.25, 0.3) is 22.1 Å². The predicted octanol–water partition coefficient (Wildman–Crippen LogP) is 7.22. The minimum absolute atomic E-state index is 0.234. The van der Waals surface area contributed by atoms with Gasteiger partial charge in [-0.05, 0) is 68.7 Å². The maximum absolute atomic E-state index is 14.5. The molecule has 2 aromatic heterocycles. The molecule has 1 aliphatic rings. The first-order valence-electron chi connectivity index (χ1n) is 14.9. The highest BCUT2D eigenvalue weighted by molar-refractivity contribution is 7.99. The molecule has 0 aliphatic carbocycles. The molecule has 1 fully saturated rings. The van der Waals surface area contributed by atoms with Crippen LogP contribution in [0.15, 0.2) is 78.0 Å². The van der Waals surface area contributed by atoms with Crippen LogP contribution in [-0.2, 0) is 17.8 Å². The number of aryl methyl sites for hydroxylation is 1. The van der Waals surface area contributed by atoms with E-state index in [1.165, 1.54) is 11.6 Å². The summed E-state index contributed by atoms with van der Waals surface area (Å²) in [6.45, 7) is 4.14. The zero-order valence-electron chi connectivity index (χ0n) is 24.0. The zero-order chi connectivity index (χ0) is 28.9. The van der Waals surface area contributed by atoms with Crippen molar-refractivity contribution >= 4 is 39.7 Å². The highest BCUT2D eigenvalue weighted by Gasteiger charge is 2.23. The molecule has 5 aromatic rings. The van der Waals surface area contributed by atoms with Gasteiger partial charge in [-0.3, -0.25) is 4.79 Å². The summed E-state index contributed by atoms with van der Waals surface area (Å²) >= 11 is 1.56. The molecule has 0 saturated carbocycles. The Kier molecular flexibility index (Phi) is 8.79. The SMILES string of the molecule is Cc1ccc2c(c1)c1nnc(SCCCCC(=O)N3CCC(Cc4ccccc4)CC3)nc1n2Cc1ccccc1F. The van der Waals surface area contributed by atoms with E-state index < -0.39 is 0 Å². The van der Waals surface area contributed by atoms with Gasteiger partial charge in [0.1, 0.15) is 11.3 Å². The fourth-order valence-corrected chi connectivity index (χ4v) is 6.69. The minimum atomic E-state index is -0.234. The Balaban J connectivity index is 1.03. The normalized spacial score (nSPS) is 14.2. The van der Waals surface area contributed by atoms with E-state index in [2.05, 4.69) is 52.7 Å². The first-order valence-corrected chi connectivity index (χ1v) is 15.8. The number of rotatable bonds is 10. The molecule has 216 valence electrons. The van der Waals surface area contributed by atoms with Crippen molar-refractivity contribution in [3.8, 4) is 0 Å². The summed E-state index contributed by atoms with van der Waals surface area (Å²) in [5, 5.41) is 10.5. The van der Waals surface area contributed by atoms with Crippen LogP contribution in [0.5, 0.6) is 0 Å². The molecule has 1 saturated heterocycles. The molecule has 1 amide bonds. The lowest BCUT2D eigenvalue weighted by molar-refractivity contribution is -0.132. The summed E-state index contributed by atoms with van der Waals surface area (Å²) in [7, 11) is 0. The lowest BCUT2D eigenvalue weighted by Gasteiger charge is -2.32. The molecular weight excluding hydrogens is 545 g/mol. The molecular formula is C34H36FN5OS. The van der Waals surface area contributed by atoms with E-state index in [4.69, 9.17) is 4.98 Å². The Morgan fingerprint density at radius 3 is 2.57 bits per heavy atom. The number of carbonyl (C=O) groups excluding carboxylic acids is 1. The number of benzene rings is 3. The minimum Gasteiger partial charge on any atom is -0.343 e. The third-order valence-electron chi connectivity index (χ3n) is 8.24. The van der Waals surface area contributed by atoms with Crippen molar-refractivity contribution in [2.24, 2.45) is 5.92 Å². The number of unbranched alkanes of at least 4 members (excludes halogenated alkanes) is 1. The Morgan fingerprint density at radius 2 is 1.76 bits per heavy atom. The standard InChI is InChI=1S/C34H36FN5OS/c1-24-14-15-30-28(21-24)32-33(40(30)23-27-11-5-6-12-29(27)35)36-34(38-37-32)42-20-8-7-13-31(41)39-18-16-26(17-19-39)22-25-9-3-2-4-10-25/h2-6,9-12,14-15,21,26H,7-8,13,16-20,22-23H2,1H3. The molecule has 6 nitrogen and oxygen atoms in total. The van der Waals surface area contributed by atoms with Gasteiger partial charge in [0.15, 0.2) is 5.65 Å². The summed E-state index contributed by atoms with van der Waals surface area (Å²) in [4.78, 5) is 19.7. The van der Waals surface area contributed by atoms with Gasteiger partial charge in [0, 0.05) is 36.2 Å². The molecule has 0 unspecified atom stereocenters. The van der Waals surface area contributed by atoms with Crippen molar-refractivity contribution in [3.63, 3.8) is 0 Å². The number of likely N-dealkylation sites (tertiary alicyclic amines) is 1. The van der Waals surface area contributed by atoms with E-state index in [0.717, 1.165) is 72.9 Å². The van der Waals surface area contributed by atoms with Crippen LogP contribution in [0.3, 0.4) is 0 Å². The van der Waals surface area contributed by atoms with Gasteiger partial charge in [0.25, 0.3) is 0 Å². The number of amides is 1. The summed E-state index contributed by atoms with van der Waals surface area (Å²) < 4.78 is 16.6. The highest BCUT2D eigenvalue weighted by atomic mass is 32.2. The van der Waals surface area contributed by atoms with Gasteiger partial charge in [0.2, 0.25) is 11.1 Å². The molecule has 0 N–H and O–H groups in total. The van der Waals surface area contributed by atoms with E-state index in [9.17, 15) is 9.18 Å². The Bertz CT molecular complexity index is 1680. The van der Waals surface area contributed by atoms with E-state index in [-0.39, 0.29) is 11.7 Å². The molecule has 8 heteroatoms. The van der Waals surface area contributed by atoms with Gasteiger partial charge >= 0.3 is 0 Å². The number of nitrogens with zero attached hydrogens (tertiary/aromatic N) is 5. The van der Waals surface area contributed by atoms with Crippen LogP contribution in [0.4, 0.5) is 4.39 Å². The molecule has 0 radical (unpaired) electrons. The molecule has 1 aliphatic heterocycles. The van der Waals surface area contributed by atoms with Gasteiger partial charge in [0.05, 0.1) is 12.1 Å². The van der Waals surface area contributed by atoms with Crippen LogP contribution >= 0.6 is 11.8 Å². The van der Waals surface area contributed by atoms with E-state index in [1.54, 1.807) is 23.9 Å². The Morgan fingerprint density at radius 1 is 0.976 bits per heavy atom. The number of piperidine rings is 1. The Labute approximate surface area is 250 Å². The van der Waals surface area contributed by atoms with Crippen LogP contribution in [0.1, 0.15) is 48.8 Å². The number of hydrogen-bond donors (Lipinski definition) is 0. The second-order valence-corrected chi connectivity index (χ2v) is 12.3. The fraction of sp³-hybridized carbons (Fsp3) is 0.353. The topological polar surface area (TPSA) is 63.9 Å². The van der Waals surface area contributed by atoms with Crippen molar-refractivity contribution in [1.29, 1.82) is 0 Å². The smallest absolute Gasteiger partial charge is 0.222 e. The molecule has 6 rings (SSSR count). The maximum atomic E-state index is 14.5. The third-order valence-corrected chi connectivity index (χ3v) is 9.16. The summed E-state index contributed by atoms with van der Waals surface area (Å²) in [6.07, 6.45) is 5.59. The van der Waals surface area contributed by atoms with E-state index in [0.29, 0.717) is 35.3 Å². The van der Waals surface area contributed by atoms with Crippen LogP contribution in [-0.4, -0.2) is 49.4 Å². The lowest BCUT2D eigenvalue weighted by atomic mass is 9.90. The van der Waals surface area contributed by atoms with Gasteiger partial charge in [-0.25, -0.2) is 9.37 Å². The number of hydrogen-bond acceptors (Lipinski definition) is 5. The number of aromatic nitrogens is 4. The van der Waals surface area contributed by atoms with E-state index >= 15 is 0 Å². The van der Waals surface area contributed by atoms with Crippen molar-refractivity contribution < 1.29 is 9.18 Å². The van der Waals surface area contributed by atoms with E-state index in [1.807, 2.05) is 28.5 Å². The van der Waals surface area contributed by atoms with Crippen LogP contribution in [0.2, 0.25) is 0 Å². The number of thioether (sulfide) groups is 1. The van der Waals surface area contributed by atoms with Crippen molar-refractivity contribution in [2.45, 2.75) is 57.1 Å². The molecule has 3 aromatic carbocycles. The van der Waals surface area contributed by atoms with Crippen molar-refractivity contribution in [2.75, 3.05) is 18.8 Å². The molecule has 0 atom stereocenters. The average Bonchev–Trinajstić information content (AvgIpc) is 3.30. The summed E-state index contributed by atoms with van der Waals surface area (Å²) in [6, 6.07) is 23.7. The second kappa shape index (κ2) is 13.0. The van der Waals surface area contributed by atoms with Gasteiger partial charge in [-0.1, -0.05) is 71.9 Å². The highest BCUT2D eigenvalue weighted by Crippen LogP contribution is 2.30. The molecule has 3 heterocycles. The summed E-state index contributed by atoms with van der Waals surface area (Å²) in [5.74, 6) is 1.51. The lowest BCUT2D eigenvalue weighted by Crippen LogP contribution is -2.38. The van der Waals surface area contributed by atoms with Gasteiger partial charge < -0.3 is 9.47 Å². The fourth-order valence-electron chi connectivity index (χ4n) is 5.91. The average molecular weight is 582 g/mol. The first kappa shape index (κ1) is 28.3. The first-order chi connectivity index (χ1) is 20.5. The molecule has 0 spiro atoms. The Hall–Kier alpha value is -3.78. The van der Waals surface area contributed by atoms with Crippen molar-refractivity contribution in [1.82, 2.24) is 24.6 Å². The van der Waals surface area contributed by atoms with Crippen LogP contribution < -0.4 is 0 Å². The number of halogens is 1. The second-order valence-electron chi connectivity index (χ2n) is 11.3. The van der Waals surface area contributed by atoms with Crippen LogP contribution in [0, 0.1) is 18.7 Å². The molecule has 42 heavy (non-hydrogen) atoms. The van der Waals surface area contributed by atoms with Gasteiger partial charge in [-0.15, -0.1) is 10.2 Å².